The molecule has 180 valence electrons. The molecule has 3 heterocycles. The maximum absolute atomic E-state index is 13.0. The highest BCUT2D eigenvalue weighted by molar-refractivity contribution is 9.10. The number of urea groups is 1. The third kappa shape index (κ3) is 5.14. The number of nitrogens with zero attached hydrogens (tertiary/aromatic N) is 5. The van der Waals surface area contributed by atoms with Crippen LogP contribution in [-0.4, -0.2) is 52.2 Å². The van der Waals surface area contributed by atoms with Crippen LogP contribution in [0.25, 0.3) is 22.4 Å². The predicted octanol–water partition coefficient (Wildman–Crippen LogP) is 5.74. The van der Waals surface area contributed by atoms with Crippen LogP contribution >= 0.6 is 15.9 Å². The lowest BCUT2D eigenvalue weighted by atomic mass is 10.1. The molecular weight excluding hydrogens is 508 g/mol. The Bertz CT molecular complexity index is 1330. The van der Waals surface area contributed by atoms with Crippen LogP contribution in [-0.2, 0) is 6.42 Å². The van der Waals surface area contributed by atoms with Crippen molar-refractivity contribution in [2.24, 2.45) is 0 Å². The minimum Gasteiger partial charge on any atom is -0.354 e. The van der Waals surface area contributed by atoms with E-state index in [0.29, 0.717) is 25.3 Å². The van der Waals surface area contributed by atoms with Gasteiger partial charge in [0, 0.05) is 48.3 Å². The van der Waals surface area contributed by atoms with E-state index in [0.717, 1.165) is 64.3 Å². The second kappa shape index (κ2) is 10.4. The van der Waals surface area contributed by atoms with Crippen molar-refractivity contribution < 1.29 is 9.32 Å². The van der Waals surface area contributed by atoms with E-state index in [9.17, 15) is 4.79 Å². The van der Waals surface area contributed by atoms with Gasteiger partial charge in [0.1, 0.15) is 22.7 Å². The zero-order valence-corrected chi connectivity index (χ0v) is 21.2. The van der Waals surface area contributed by atoms with Crippen LogP contribution in [0.5, 0.6) is 0 Å². The summed E-state index contributed by atoms with van der Waals surface area (Å²) < 4.78 is 6.61. The first-order valence-corrected chi connectivity index (χ1v) is 12.7. The average molecular weight is 535 g/mol. The molecule has 35 heavy (non-hydrogen) atoms. The normalized spacial score (nSPS) is 14.2. The van der Waals surface area contributed by atoms with Gasteiger partial charge in [-0.25, -0.2) is 9.78 Å². The highest BCUT2D eigenvalue weighted by Gasteiger charge is 2.25. The number of carbonyl (C=O) groups excluding carboxylic acids is 1. The first-order chi connectivity index (χ1) is 17.1. The highest BCUT2D eigenvalue weighted by Crippen LogP contribution is 2.34. The molecule has 0 aliphatic carbocycles. The van der Waals surface area contributed by atoms with Crippen molar-refractivity contribution in [2.75, 3.05) is 36.4 Å². The Balaban J connectivity index is 1.42. The van der Waals surface area contributed by atoms with E-state index in [1.807, 2.05) is 59.5 Å². The van der Waals surface area contributed by atoms with Crippen molar-refractivity contribution in [3.05, 3.63) is 64.9 Å². The number of amides is 2. The lowest BCUT2D eigenvalue weighted by Gasteiger charge is -2.24. The first kappa shape index (κ1) is 23.3. The number of hydrogen-bond donors (Lipinski definition) is 1. The topological polar surface area (TPSA) is 87.4 Å². The molecule has 2 amide bonds. The van der Waals surface area contributed by atoms with Crippen LogP contribution in [0, 0.1) is 0 Å². The molecule has 1 aliphatic heterocycles. The molecule has 0 bridgehead atoms. The van der Waals surface area contributed by atoms with Gasteiger partial charge in [0.15, 0.2) is 0 Å². The van der Waals surface area contributed by atoms with Gasteiger partial charge in [-0.05, 0) is 31.0 Å². The molecule has 2 aromatic heterocycles. The molecule has 0 spiro atoms. The monoisotopic (exact) mass is 534 g/mol. The quantitative estimate of drug-likeness (QED) is 0.351. The molecule has 8 nitrogen and oxygen atoms in total. The summed E-state index contributed by atoms with van der Waals surface area (Å²) in [6.07, 6.45) is 2.53. The van der Waals surface area contributed by atoms with E-state index in [1.165, 1.54) is 0 Å². The molecule has 4 aromatic rings. The number of nitrogens with one attached hydrogen (secondary N) is 1. The van der Waals surface area contributed by atoms with Gasteiger partial charge in [0.25, 0.3) is 5.71 Å². The number of rotatable bonds is 5. The Labute approximate surface area is 212 Å². The van der Waals surface area contributed by atoms with Gasteiger partial charge in [-0.15, -0.1) is 0 Å². The van der Waals surface area contributed by atoms with Gasteiger partial charge < -0.3 is 19.6 Å². The van der Waals surface area contributed by atoms with Crippen LogP contribution in [0.15, 0.2) is 63.6 Å². The molecule has 0 atom stereocenters. The minimum atomic E-state index is -0.0978. The molecule has 1 aliphatic rings. The minimum absolute atomic E-state index is 0.0978. The number of aryl methyl sites for hydroxylation is 1. The SMILES string of the molecule is CCCc1nc(N2CCCN(C(=O)Nc3cccc(Br)c3)CC2)c2c(-c3ccccc3)noc2n1. The Morgan fingerprint density at radius 1 is 1.06 bits per heavy atom. The molecule has 9 heteroatoms. The first-order valence-electron chi connectivity index (χ1n) is 11.9. The summed E-state index contributed by atoms with van der Waals surface area (Å²) in [5, 5.41) is 8.19. The van der Waals surface area contributed by atoms with E-state index in [1.54, 1.807) is 0 Å². The maximum atomic E-state index is 13.0. The second-order valence-corrected chi connectivity index (χ2v) is 9.47. The van der Waals surface area contributed by atoms with Gasteiger partial charge in [0.05, 0.1) is 0 Å². The van der Waals surface area contributed by atoms with E-state index in [-0.39, 0.29) is 6.03 Å². The lowest BCUT2D eigenvalue weighted by molar-refractivity contribution is 0.215. The zero-order chi connectivity index (χ0) is 24.2. The fourth-order valence-electron chi connectivity index (χ4n) is 4.34. The molecule has 2 aromatic carbocycles. The van der Waals surface area contributed by atoms with E-state index >= 15 is 0 Å². The highest BCUT2D eigenvalue weighted by atomic mass is 79.9. The van der Waals surface area contributed by atoms with Crippen LogP contribution < -0.4 is 10.2 Å². The van der Waals surface area contributed by atoms with Gasteiger partial charge in [-0.2, -0.15) is 4.98 Å². The maximum Gasteiger partial charge on any atom is 0.321 e. The number of benzene rings is 2. The Kier molecular flexibility index (Phi) is 6.94. The summed E-state index contributed by atoms with van der Waals surface area (Å²) in [4.78, 5) is 26.6. The summed E-state index contributed by atoms with van der Waals surface area (Å²) in [5.74, 6) is 1.58. The summed E-state index contributed by atoms with van der Waals surface area (Å²) in [5.41, 5.74) is 2.98. The number of aromatic nitrogens is 3. The van der Waals surface area contributed by atoms with Gasteiger partial charge in [-0.3, -0.25) is 0 Å². The van der Waals surface area contributed by atoms with Gasteiger partial charge in [-0.1, -0.05) is 64.4 Å². The van der Waals surface area contributed by atoms with Crippen molar-refractivity contribution in [3.63, 3.8) is 0 Å². The Morgan fingerprint density at radius 2 is 1.91 bits per heavy atom. The molecule has 1 saturated heterocycles. The molecule has 0 unspecified atom stereocenters. The summed E-state index contributed by atoms with van der Waals surface area (Å²) in [6, 6.07) is 17.5. The molecule has 5 rings (SSSR count). The van der Waals surface area contributed by atoms with Crippen LogP contribution in [0.1, 0.15) is 25.6 Å². The molecule has 1 fully saturated rings. The fourth-order valence-corrected chi connectivity index (χ4v) is 4.74. The third-order valence-corrected chi connectivity index (χ3v) is 6.54. The van der Waals surface area contributed by atoms with Crippen molar-refractivity contribution in [2.45, 2.75) is 26.2 Å². The number of anilines is 2. The Hall–Kier alpha value is -3.46. The van der Waals surface area contributed by atoms with Gasteiger partial charge >= 0.3 is 6.03 Å². The van der Waals surface area contributed by atoms with E-state index < -0.39 is 0 Å². The molecular formula is C26H27BrN6O2. The summed E-state index contributed by atoms with van der Waals surface area (Å²) >= 11 is 3.45. The zero-order valence-electron chi connectivity index (χ0n) is 19.6. The van der Waals surface area contributed by atoms with Crippen LogP contribution in [0.4, 0.5) is 16.3 Å². The van der Waals surface area contributed by atoms with Crippen molar-refractivity contribution in [1.29, 1.82) is 0 Å². The number of carbonyl (C=O) groups is 1. The molecule has 1 N–H and O–H groups in total. The van der Waals surface area contributed by atoms with Crippen molar-refractivity contribution in [3.8, 4) is 11.3 Å². The molecule has 0 saturated carbocycles. The Morgan fingerprint density at radius 3 is 2.71 bits per heavy atom. The van der Waals surface area contributed by atoms with Crippen LogP contribution in [0.3, 0.4) is 0 Å². The van der Waals surface area contributed by atoms with E-state index in [4.69, 9.17) is 9.51 Å². The second-order valence-electron chi connectivity index (χ2n) is 8.56. The largest absolute Gasteiger partial charge is 0.354 e. The summed E-state index contributed by atoms with van der Waals surface area (Å²) in [7, 11) is 0. The number of halogens is 1. The van der Waals surface area contributed by atoms with Crippen molar-refractivity contribution in [1.82, 2.24) is 20.0 Å². The van der Waals surface area contributed by atoms with Gasteiger partial charge in [0.2, 0.25) is 0 Å². The number of hydrogen-bond acceptors (Lipinski definition) is 6. The average Bonchev–Trinajstić information content (AvgIpc) is 3.13. The number of fused-ring (bicyclic) bond motifs is 1. The van der Waals surface area contributed by atoms with Crippen molar-refractivity contribution >= 4 is 44.6 Å². The smallest absolute Gasteiger partial charge is 0.321 e. The van der Waals surface area contributed by atoms with Crippen LogP contribution in [0.2, 0.25) is 0 Å². The lowest BCUT2D eigenvalue weighted by Crippen LogP contribution is -2.38. The standard InChI is InChI=1S/C26H27BrN6O2/c1-2-8-21-29-24(22-23(31-35-25(22)30-21)18-9-4-3-5-10-18)32-13-7-14-33(16-15-32)26(34)28-20-12-6-11-19(27)17-20/h3-6,9-12,17H,2,7-8,13-16H2,1H3,(H,28,34). The van der Waals surface area contributed by atoms with E-state index in [2.05, 4.69) is 43.2 Å². The third-order valence-electron chi connectivity index (χ3n) is 6.04. The fraction of sp³-hybridized carbons (Fsp3) is 0.308. The summed E-state index contributed by atoms with van der Waals surface area (Å²) in [6.45, 7) is 4.79. The predicted molar refractivity (Wildman–Crippen MR) is 141 cm³/mol. The molecule has 0 radical (unpaired) electrons.